The van der Waals surface area contributed by atoms with Gasteiger partial charge in [0, 0.05) is 5.92 Å². The fraction of sp³-hybridized carbons (Fsp3) is 1.00. The lowest BCUT2D eigenvalue weighted by Gasteiger charge is -2.43. The van der Waals surface area contributed by atoms with Crippen molar-refractivity contribution in [2.24, 2.45) is 71.0 Å². The standard InChI is InChI=1S/2C15H28O.C14H26O2/c1-9(2)7-15-8-11(5)13(12(6)16-15)14(15)10(3)4;1-10(2)9-15-8-6-7-13(12(5)16-15)14(15)11(3)4;1-8(2)7-14-11(6)15-13(10(5)16-14)12(14)9(3)4/h9-14H,7-8H2,1-6H3;10-14H,6-9H2,1-5H3;8-13H,7H2,1-6H3. The Bertz CT molecular complexity index is 972. The Hall–Kier alpha value is -0.160. The van der Waals surface area contributed by atoms with Crippen LogP contribution in [0.3, 0.4) is 0 Å². The lowest BCUT2D eigenvalue weighted by molar-refractivity contribution is -0.180. The van der Waals surface area contributed by atoms with Crippen molar-refractivity contribution in [3.63, 3.8) is 0 Å². The van der Waals surface area contributed by atoms with Gasteiger partial charge in [0.05, 0.1) is 41.7 Å². The van der Waals surface area contributed by atoms with E-state index >= 15 is 0 Å². The molecule has 6 fully saturated rings. The minimum atomic E-state index is -0.0214. The molecule has 4 saturated heterocycles. The van der Waals surface area contributed by atoms with E-state index in [1.807, 2.05) is 0 Å². The first-order valence-corrected chi connectivity index (χ1v) is 20.9. The summed E-state index contributed by atoms with van der Waals surface area (Å²) in [6, 6.07) is 0. The summed E-state index contributed by atoms with van der Waals surface area (Å²) in [7, 11) is 0. The van der Waals surface area contributed by atoms with Gasteiger partial charge in [-0.05, 0) is 131 Å². The summed E-state index contributed by atoms with van der Waals surface area (Å²) >= 11 is 0. The summed E-state index contributed by atoms with van der Waals surface area (Å²) < 4.78 is 25.3. The zero-order valence-electron chi connectivity index (χ0n) is 34.9. The predicted octanol–water partition coefficient (Wildman–Crippen LogP) is 11.6. The molecule has 4 aliphatic heterocycles. The molecule has 4 nitrogen and oxygen atoms in total. The number of ether oxygens (including phenoxy) is 4. The van der Waals surface area contributed by atoms with Crippen LogP contribution in [-0.2, 0) is 18.9 Å². The minimum Gasteiger partial charge on any atom is -0.371 e. The molecule has 2 saturated carbocycles. The zero-order valence-corrected chi connectivity index (χ0v) is 34.9. The fourth-order valence-electron chi connectivity index (χ4n) is 13.3. The average molecular weight is 675 g/mol. The summed E-state index contributed by atoms with van der Waals surface area (Å²) in [5, 5.41) is 0. The van der Waals surface area contributed by atoms with Crippen LogP contribution in [0.2, 0.25) is 0 Å². The molecule has 2 aliphatic carbocycles. The molecule has 48 heavy (non-hydrogen) atoms. The molecule has 0 amide bonds. The third kappa shape index (κ3) is 7.64. The van der Waals surface area contributed by atoms with Gasteiger partial charge in [0.25, 0.3) is 0 Å². The molecule has 6 aliphatic rings. The molecule has 4 heteroatoms. The maximum absolute atomic E-state index is 6.46. The van der Waals surface area contributed by atoms with Crippen LogP contribution in [0.5, 0.6) is 0 Å². The highest BCUT2D eigenvalue weighted by Gasteiger charge is 2.64. The van der Waals surface area contributed by atoms with Crippen molar-refractivity contribution in [2.75, 3.05) is 0 Å². The largest absolute Gasteiger partial charge is 0.371 e. The van der Waals surface area contributed by atoms with Gasteiger partial charge in [-0.25, -0.2) is 0 Å². The van der Waals surface area contributed by atoms with E-state index in [1.54, 1.807) is 0 Å². The lowest BCUT2D eigenvalue weighted by Crippen LogP contribution is -2.46. The molecule has 0 radical (unpaired) electrons. The highest BCUT2D eigenvalue weighted by Crippen LogP contribution is 2.60. The van der Waals surface area contributed by atoms with Crippen LogP contribution in [0, 0.1) is 71.0 Å². The van der Waals surface area contributed by atoms with E-state index in [0.29, 0.717) is 36.1 Å². The highest BCUT2D eigenvalue weighted by atomic mass is 16.6. The van der Waals surface area contributed by atoms with Crippen LogP contribution >= 0.6 is 0 Å². The lowest BCUT2D eigenvalue weighted by atomic mass is 9.63. The summed E-state index contributed by atoms with van der Waals surface area (Å²) in [5.74, 6) is 8.99. The first kappa shape index (κ1) is 40.6. The van der Waals surface area contributed by atoms with Crippen LogP contribution in [0.4, 0.5) is 0 Å². The molecule has 4 heterocycles. The Kier molecular flexibility index (Phi) is 13.1. The van der Waals surface area contributed by atoms with Gasteiger partial charge in [-0.15, -0.1) is 0 Å². The number of fused-ring (bicyclic) bond motifs is 6. The Morgan fingerprint density at radius 2 is 1.08 bits per heavy atom. The number of hydrogen-bond acceptors (Lipinski definition) is 4. The number of hydrogen-bond donors (Lipinski definition) is 0. The summed E-state index contributed by atoms with van der Waals surface area (Å²) in [4.78, 5) is 0. The molecule has 6 bridgehead atoms. The summed E-state index contributed by atoms with van der Waals surface area (Å²) in [6.45, 7) is 39.4. The molecule has 0 aromatic heterocycles. The SMILES string of the molecule is CC(C)CC12CC(C)C(C(C)O1)C2C(C)C.CC(C)CC12CCCC(C(C)O1)C2C(C)C.CC(C)CC12OC(C)C(OC1C)C2C(C)C. The maximum atomic E-state index is 6.46. The van der Waals surface area contributed by atoms with E-state index in [0.717, 1.165) is 59.7 Å². The van der Waals surface area contributed by atoms with Crippen LogP contribution < -0.4 is 0 Å². The normalized spacial score (nSPS) is 45.9. The van der Waals surface area contributed by atoms with Crippen molar-refractivity contribution in [3.05, 3.63) is 0 Å². The molecule has 0 N–H and O–H groups in total. The molecular formula is C44H82O4. The van der Waals surface area contributed by atoms with Gasteiger partial charge < -0.3 is 18.9 Å². The molecule has 14 unspecified atom stereocenters. The quantitative estimate of drug-likeness (QED) is 0.244. The van der Waals surface area contributed by atoms with Crippen molar-refractivity contribution in [1.82, 2.24) is 0 Å². The van der Waals surface area contributed by atoms with Gasteiger partial charge in [0.2, 0.25) is 0 Å². The van der Waals surface area contributed by atoms with Crippen molar-refractivity contribution >= 4 is 0 Å². The average Bonchev–Trinajstić information content (AvgIpc) is 3.60. The van der Waals surface area contributed by atoms with Gasteiger partial charge in [0.1, 0.15) is 5.60 Å². The Labute approximate surface area is 299 Å². The first-order valence-electron chi connectivity index (χ1n) is 20.9. The topological polar surface area (TPSA) is 36.9 Å². The second kappa shape index (κ2) is 15.4. The van der Waals surface area contributed by atoms with Gasteiger partial charge in [-0.1, -0.05) is 96.4 Å². The molecule has 282 valence electrons. The summed E-state index contributed by atoms with van der Waals surface area (Å²) in [5.41, 5.74) is 0.420. The molecule has 0 spiro atoms. The minimum absolute atomic E-state index is 0.0214. The van der Waals surface area contributed by atoms with Crippen LogP contribution in [-0.4, -0.2) is 47.3 Å². The second-order valence-electron chi connectivity index (χ2n) is 20.2. The number of rotatable bonds is 9. The third-order valence-electron chi connectivity index (χ3n) is 13.8. The first-order chi connectivity index (χ1) is 22.2. The smallest absolute Gasteiger partial charge is 0.100 e. The predicted molar refractivity (Wildman–Crippen MR) is 202 cm³/mol. The van der Waals surface area contributed by atoms with Crippen molar-refractivity contribution in [1.29, 1.82) is 0 Å². The van der Waals surface area contributed by atoms with E-state index in [9.17, 15) is 0 Å². The van der Waals surface area contributed by atoms with Gasteiger partial charge in [-0.3, -0.25) is 0 Å². The van der Waals surface area contributed by atoms with E-state index in [1.165, 1.54) is 38.5 Å². The van der Waals surface area contributed by atoms with E-state index in [4.69, 9.17) is 18.9 Å². The molecule has 14 atom stereocenters. The second-order valence-corrected chi connectivity index (χ2v) is 20.2. The van der Waals surface area contributed by atoms with Gasteiger partial charge in [0.15, 0.2) is 0 Å². The Morgan fingerprint density at radius 3 is 1.58 bits per heavy atom. The third-order valence-corrected chi connectivity index (χ3v) is 13.8. The van der Waals surface area contributed by atoms with Crippen LogP contribution in [0.1, 0.15) is 163 Å². The Balaban J connectivity index is 0.000000163. The highest BCUT2D eigenvalue weighted by molar-refractivity contribution is 5.12. The van der Waals surface area contributed by atoms with Gasteiger partial charge in [-0.2, -0.15) is 0 Å². The molecular weight excluding hydrogens is 592 g/mol. The van der Waals surface area contributed by atoms with Gasteiger partial charge >= 0.3 is 0 Å². The molecule has 0 aromatic rings. The van der Waals surface area contributed by atoms with Crippen LogP contribution in [0.15, 0.2) is 0 Å². The Morgan fingerprint density at radius 1 is 0.562 bits per heavy atom. The van der Waals surface area contributed by atoms with Crippen molar-refractivity contribution in [3.8, 4) is 0 Å². The van der Waals surface area contributed by atoms with E-state index < -0.39 is 0 Å². The van der Waals surface area contributed by atoms with E-state index in [-0.39, 0.29) is 29.0 Å². The monoisotopic (exact) mass is 675 g/mol. The van der Waals surface area contributed by atoms with Crippen molar-refractivity contribution in [2.45, 2.75) is 210 Å². The van der Waals surface area contributed by atoms with Crippen LogP contribution in [0.25, 0.3) is 0 Å². The van der Waals surface area contributed by atoms with Crippen molar-refractivity contribution < 1.29 is 18.9 Å². The fourth-order valence-corrected chi connectivity index (χ4v) is 13.3. The molecule has 0 aromatic carbocycles. The zero-order chi connectivity index (χ0) is 36.1. The van der Waals surface area contributed by atoms with E-state index in [2.05, 4.69) is 118 Å². The maximum Gasteiger partial charge on any atom is 0.100 e. The summed E-state index contributed by atoms with van der Waals surface area (Å²) in [6.07, 6.45) is 10.8. The molecule has 6 rings (SSSR count).